The lowest BCUT2D eigenvalue weighted by Crippen LogP contribution is -1.93. The van der Waals surface area contributed by atoms with Gasteiger partial charge in [-0.15, -0.1) is 0 Å². The van der Waals surface area contributed by atoms with Crippen LogP contribution in [0.1, 0.15) is 10.4 Å². The van der Waals surface area contributed by atoms with E-state index in [1.807, 2.05) is 29.8 Å². The average molecular weight is 254 g/mol. The van der Waals surface area contributed by atoms with Crippen molar-refractivity contribution in [1.82, 2.24) is 4.57 Å². The number of hydrogen-bond donors (Lipinski definition) is 1. The number of carbonyl (C=O) groups is 1. The number of aromatic nitrogens is 1. The van der Waals surface area contributed by atoms with Gasteiger partial charge >= 0.3 is 5.97 Å². The van der Waals surface area contributed by atoms with E-state index in [1.54, 1.807) is 6.20 Å². The number of halogens is 1. The van der Waals surface area contributed by atoms with Crippen LogP contribution in [0.2, 0.25) is 0 Å². The van der Waals surface area contributed by atoms with E-state index in [0.29, 0.717) is 5.56 Å². The summed E-state index contributed by atoms with van der Waals surface area (Å²) in [6.07, 6.45) is 1.62. The first-order valence-corrected chi connectivity index (χ1v) is 4.87. The summed E-state index contributed by atoms with van der Waals surface area (Å²) in [5.41, 5.74) is 1.26. The molecule has 0 spiro atoms. The zero-order valence-corrected chi connectivity index (χ0v) is 9.08. The third-order valence-corrected chi connectivity index (χ3v) is 2.68. The van der Waals surface area contributed by atoms with Crippen LogP contribution < -0.4 is 0 Å². The molecule has 3 nitrogen and oxygen atoms in total. The molecule has 2 aromatic rings. The van der Waals surface area contributed by atoms with Gasteiger partial charge in [0.05, 0.1) is 5.56 Å². The molecule has 0 aliphatic heterocycles. The molecule has 1 heterocycles. The largest absolute Gasteiger partial charge is 0.478 e. The predicted molar refractivity (Wildman–Crippen MR) is 57.6 cm³/mol. The minimum absolute atomic E-state index is 0.337. The fraction of sp³-hybridized carbons (Fsp3) is 0.100. The lowest BCUT2D eigenvalue weighted by atomic mass is 10.2. The normalized spacial score (nSPS) is 10.7. The fourth-order valence-corrected chi connectivity index (χ4v) is 1.90. The lowest BCUT2D eigenvalue weighted by Gasteiger charge is -1.95. The first-order chi connectivity index (χ1) is 6.59. The number of aryl methyl sites for hydroxylation is 1. The number of nitrogens with zero attached hydrogens (tertiary/aromatic N) is 1. The van der Waals surface area contributed by atoms with Crippen molar-refractivity contribution in [2.75, 3.05) is 0 Å². The molecule has 14 heavy (non-hydrogen) atoms. The van der Waals surface area contributed by atoms with E-state index in [4.69, 9.17) is 5.11 Å². The highest BCUT2D eigenvalue weighted by Crippen LogP contribution is 2.24. The summed E-state index contributed by atoms with van der Waals surface area (Å²) in [7, 11) is 1.84. The van der Waals surface area contributed by atoms with E-state index in [2.05, 4.69) is 15.9 Å². The van der Waals surface area contributed by atoms with Crippen molar-refractivity contribution < 1.29 is 9.90 Å². The second-order valence-electron chi connectivity index (χ2n) is 3.12. The van der Waals surface area contributed by atoms with Crippen LogP contribution in [0.5, 0.6) is 0 Å². The first kappa shape index (κ1) is 9.27. The van der Waals surface area contributed by atoms with Crippen molar-refractivity contribution in [2.24, 2.45) is 7.05 Å². The van der Waals surface area contributed by atoms with Gasteiger partial charge in [-0.3, -0.25) is 0 Å². The Bertz CT molecular complexity index is 516. The van der Waals surface area contributed by atoms with Crippen LogP contribution in [0.4, 0.5) is 0 Å². The van der Waals surface area contributed by atoms with Crippen molar-refractivity contribution in [3.63, 3.8) is 0 Å². The van der Waals surface area contributed by atoms with E-state index in [0.717, 1.165) is 15.4 Å². The van der Waals surface area contributed by atoms with Crippen LogP contribution in [-0.4, -0.2) is 15.6 Å². The van der Waals surface area contributed by atoms with Gasteiger partial charge in [-0.05, 0) is 18.2 Å². The molecule has 4 heteroatoms. The molecule has 0 radical (unpaired) electrons. The monoisotopic (exact) mass is 253 g/mol. The van der Waals surface area contributed by atoms with E-state index in [-0.39, 0.29) is 0 Å². The molecule has 0 unspecified atom stereocenters. The summed E-state index contributed by atoms with van der Waals surface area (Å²) < 4.78 is 2.70. The minimum Gasteiger partial charge on any atom is -0.478 e. The van der Waals surface area contributed by atoms with Crippen LogP contribution in [0.15, 0.2) is 28.9 Å². The lowest BCUT2D eigenvalue weighted by molar-refractivity contribution is 0.0699. The van der Waals surface area contributed by atoms with E-state index < -0.39 is 5.97 Å². The molecule has 2 rings (SSSR count). The second-order valence-corrected chi connectivity index (χ2v) is 4.04. The summed E-state index contributed by atoms with van der Waals surface area (Å²) in [5.74, 6) is -0.895. The summed E-state index contributed by atoms with van der Waals surface area (Å²) in [5, 5.41) is 9.72. The smallest absolute Gasteiger partial charge is 0.337 e. The zero-order valence-electron chi connectivity index (χ0n) is 7.49. The molecule has 0 fully saturated rings. The highest BCUT2D eigenvalue weighted by atomic mass is 79.9. The Morgan fingerprint density at radius 2 is 2.21 bits per heavy atom. The topological polar surface area (TPSA) is 42.2 Å². The molecule has 0 atom stereocenters. The Balaban J connectivity index is 2.85. The molecule has 0 aliphatic rings. The van der Waals surface area contributed by atoms with Gasteiger partial charge in [0.15, 0.2) is 0 Å². The number of carboxylic acid groups (broad SMARTS) is 1. The molecule has 0 saturated carbocycles. The first-order valence-electron chi connectivity index (χ1n) is 4.07. The van der Waals surface area contributed by atoms with Crippen LogP contribution >= 0.6 is 15.9 Å². The number of fused-ring (bicyclic) bond motifs is 1. The van der Waals surface area contributed by atoms with Crippen molar-refractivity contribution in [3.05, 3.63) is 34.4 Å². The maximum Gasteiger partial charge on any atom is 0.337 e. The van der Waals surface area contributed by atoms with Gasteiger partial charge in [0.25, 0.3) is 0 Å². The van der Waals surface area contributed by atoms with E-state index in [1.165, 1.54) is 0 Å². The maximum absolute atomic E-state index is 10.9. The van der Waals surface area contributed by atoms with E-state index in [9.17, 15) is 4.79 Å². The molecule has 72 valence electrons. The van der Waals surface area contributed by atoms with Gasteiger partial charge in [0.1, 0.15) is 0 Å². The predicted octanol–water partition coefficient (Wildman–Crippen LogP) is 2.64. The van der Waals surface area contributed by atoms with Gasteiger partial charge in [-0.1, -0.05) is 15.9 Å². The molecule has 1 aromatic heterocycles. The summed E-state index contributed by atoms with van der Waals surface area (Å²) >= 11 is 3.32. The Labute approximate surface area is 89.1 Å². The minimum atomic E-state index is -0.895. The van der Waals surface area contributed by atoms with Crippen LogP contribution in [0.25, 0.3) is 10.9 Å². The average Bonchev–Trinajstić information content (AvgIpc) is 2.43. The fourth-order valence-electron chi connectivity index (χ4n) is 1.53. The van der Waals surface area contributed by atoms with Gasteiger partial charge < -0.3 is 9.67 Å². The maximum atomic E-state index is 10.9. The molecule has 0 saturated heterocycles. The number of aromatic carboxylic acids is 1. The van der Waals surface area contributed by atoms with Crippen molar-refractivity contribution in [3.8, 4) is 0 Å². The van der Waals surface area contributed by atoms with Crippen molar-refractivity contribution in [1.29, 1.82) is 0 Å². The van der Waals surface area contributed by atoms with Gasteiger partial charge in [-0.2, -0.15) is 0 Å². The van der Waals surface area contributed by atoms with Crippen LogP contribution in [-0.2, 0) is 7.05 Å². The SMILES string of the molecule is Cn1cc(C(=O)O)c2cc(Br)ccc21. The van der Waals surface area contributed by atoms with Gasteiger partial charge in [-0.25, -0.2) is 4.79 Å². The summed E-state index contributed by atoms with van der Waals surface area (Å²) in [6, 6.07) is 5.61. The van der Waals surface area contributed by atoms with Crippen LogP contribution in [0, 0.1) is 0 Å². The number of hydrogen-bond acceptors (Lipinski definition) is 1. The Hall–Kier alpha value is -1.29. The second kappa shape index (κ2) is 3.13. The molecule has 0 aliphatic carbocycles. The molecular weight excluding hydrogens is 246 g/mol. The van der Waals surface area contributed by atoms with E-state index >= 15 is 0 Å². The molecular formula is C10H8BrNO2. The quantitative estimate of drug-likeness (QED) is 0.849. The third kappa shape index (κ3) is 1.32. The molecule has 0 bridgehead atoms. The van der Waals surface area contributed by atoms with Crippen LogP contribution in [0.3, 0.4) is 0 Å². The highest BCUT2D eigenvalue weighted by molar-refractivity contribution is 9.10. The number of benzene rings is 1. The standard InChI is InChI=1S/C10H8BrNO2/c1-12-5-8(10(13)14)7-4-6(11)2-3-9(7)12/h2-5H,1H3,(H,13,14). The van der Waals surface area contributed by atoms with Crippen molar-refractivity contribution >= 4 is 32.8 Å². The Kier molecular flexibility index (Phi) is 2.07. The Morgan fingerprint density at radius 3 is 2.86 bits per heavy atom. The van der Waals surface area contributed by atoms with Gasteiger partial charge in [0.2, 0.25) is 0 Å². The van der Waals surface area contributed by atoms with Crippen molar-refractivity contribution in [2.45, 2.75) is 0 Å². The Morgan fingerprint density at radius 1 is 1.50 bits per heavy atom. The third-order valence-electron chi connectivity index (χ3n) is 2.18. The summed E-state index contributed by atoms with van der Waals surface area (Å²) in [6.45, 7) is 0. The zero-order chi connectivity index (χ0) is 10.3. The highest BCUT2D eigenvalue weighted by Gasteiger charge is 2.12. The molecule has 1 aromatic carbocycles. The molecule has 0 amide bonds. The summed E-state index contributed by atoms with van der Waals surface area (Å²) in [4.78, 5) is 10.9. The number of carboxylic acids is 1. The molecule has 1 N–H and O–H groups in total. The van der Waals surface area contributed by atoms with Gasteiger partial charge in [0, 0.05) is 28.6 Å². The number of rotatable bonds is 1.